The molecule has 3 unspecified atom stereocenters. The summed E-state index contributed by atoms with van der Waals surface area (Å²) in [7, 11) is 0. The molecule has 0 aliphatic carbocycles. The van der Waals surface area contributed by atoms with E-state index in [1.807, 2.05) is 6.26 Å². The van der Waals surface area contributed by atoms with Crippen LogP contribution in [0.2, 0.25) is 0 Å². The van der Waals surface area contributed by atoms with Gasteiger partial charge in [0.1, 0.15) is 12.1 Å². The molecule has 0 spiro atoms. The molecule has 1 aliphatic rings. The number of hydrogen-bond acceptors (Lipinski definition) is 6. The van der Waals surface area contributed by atoms with E-state index >= 15 is 0 Å². The lowest BCUT2D eigenvalue weighted by Gasteiger charge is -2.27. The molecule has 1 fully saturated rings. The first-order valence-electron chi connectivity index (χ1n) is 7.11. The number of carbonyl (C=O) groups excluding carboxylic acids is 2. The van der Waals surface area contributed by atoms with E-state index in [0.29, 0.717) is 31.6 Å². The van der Waals surface area contributed by atoms with Gasteiger partial charge in [-0.05, 0) is 31.3 Å². The third-order valence-electron chi connectivity index (χ3n) is 3.59. The standard InChI is InChI=1S/C13H23N3O5S/c1-22-6-4-8(14)11(18)15-9(7-17)12(19)16-5-2-3-10(16)13(20)21/h8-10,17H,2-7,14H2,1H3,(H,15,18)(H,20,21). The molecule has 0 aromatic rings. The summed E-state index contributed by atoms with van der Waals surface area (Å²) in [5, 5.41) is 20.8. The number of nitrogens with zero attached hydrogens (tertiary/aromatic N) is 1. The van der Waals surface area contributed by atoms with Gasteiger partial charge in [0.15, 0.2) is 0 Å². The number of aliphatic hydroxyl groups excluding tert-OH is 1. The van der Waals surface area contributed by atoms with Crippen molar-refractivity contribution in [1.82, 2.24) is 10.2 Å². The number of amides is 2. The Kier molecular flexibility index (Phi) is 7.63. The van der Waals surface area contributed by atoms with Gasteiger partial charge >= 0.3 is 5.97 Å². The molecule has 0 bridgehead atoms. The van der Waals surface area contributed by atoms with Crippen LogP contribution in [0.25, 0.3) is 0 Å². The number of aliphatic carboxylic acids is 1. The van der Waals surface area contributed by atoms with Crippen LogP contribution in [-0.4, -0.2) is 76.2 Å². The predicted molar refractivity (Wildman–Crippen MR) is 82.4 cm³/mol. The quantitative estimate of drug-likeness (QED) is 0.430. The lowest BCUT2D eigenvalue weighted by Crippen LogP contribution is -2.55. The molecule has 9 heteroatoms. The SMILES string of the molecule is CSCCC(N)C(=O)NC(CO)C(=O)N1CCCC1C(=O)O. The number of nitrogens with one attached hydrogen (secondary N) is 1. The highest BCUT2D eigenvalue weighted by Crippen LogP contribution is 2.18. The number of rotatable bonds is 8. The Labute approximate surface area is 133 Å². The first-order valence-corrected chi connectivity index (χ1v) is 8.50. The van der Waals surface area contributed by atoms with Gasteiger partial charge < -0.3 is 26.2 Å². The van der Waals surface area contributed by atoms with E-state index in [2.05, 4.69) is 5.32 Å². The molecule has 1 aliphatic heterocycles. The number of nitrogens with two attached hydrogens (primary N) is 1. The van der Waals surface area contributed by atoms with Gasteiger partial charge in [0.25, 0.3) is 0 Å². The number of carboxylic acids is 1. The molecule has 0 aromatic carbocycles. The van der Waals surface area contributed by atoms with Crippen LogP contribution in [-0.2, 0) is 14.4 Å². The van der Waals surface area contributed by atoms with Crippen LogP contribution >= 0.6 is 11.8 Å². The summed E-state index contributed by atoms with van der Waals surface area (Å²) in [6.45, 7) is -0.288. The molecule has 0 radical (unpaired) electrons. The van der Waals surface area contributed by atoms with Crippen molar-refractivity contribution in [1.29, 1.82) is 0 Å². The van der Waals surface area contributed by atoms with Gasteiger partial charge in [0, 0.05) is 6.54 Å². The lowest BCUT2D eigenvalue weighted by molar-refractivity contribution is -0.149. The molecule has 126 valence electrons. The van der Waals surface area contributed by atoms with Gasteiger partial charge in [-0.25, -0.2) is 4.79 Å². The molecule has 5 N–H and O–H groups in total. The van der Waals surface area contributed by atoms with E-state index < -0.39 is 42.5 Å². The maximum absolute atomic E-state index is 12.3. The first kappa shape index (κ1) is 18.7. The second kappa shape index (κ2) is 8.96. The van der Waals surface area contributed by atoms with Gasteiger partial charge in [-0.3, -0.25) is 9.59 Å². The molecule has 1 saturated heterocycles. The van der Waals surface area contributed by atoms with E-state index in [-0.39, 0.29) is 0 Å². The average Bonchev–Trinajstić information content (AvgIpc) is 2.98. The number of aliphatic hydroxyl groups is 1. The fourth-order valence-corrected chi connectivity index (χ4v) is 2.82. The second-order valence-electron chi connectivity index (χ2n) is 5.16. The highest BCUT2D eigenvalue weighted by atomic mass is 32.2. The van der Waals surface area contributed by atoms with E-state index in [4.69, 9.17) is 10.8 Å². The predicted octanol–water partition coefficient (Wildman–Crippen LogP) is -1.38. The molecule has 1 heterocycles. The Morgan fingerprint density at radius 2 is 2.14 bits per heavy atom. The van der Waals surface area contributed by atoms with Crippen molar-refractivity contribution in [2.45, 2.75) is 37.4 Å². The Balaban J connectivity index is 2.64. The van der Waals surface area contributed by atoms with E-state index in [9.17, 15) is 19.5 Å². The third-order valence-corrected chi connectivity index (χ3v) is 4.23. The van der Waals surface area contributed by atoms with Crippen molar-refractivity contribution in [2.75, 3.05) is 25.2 Å². The van der Waals surface area contributed by atoms with Crippen LogP contribution in [0.3, 0.4) is 0 Å². The van der Waals surface area contributed by atoms with E-state index in [0.717, 1.165) is 0 Å². The second-order valence-corrected chi connectivity index (χ2v) is 6.15. The lowest BCUT2D eigenvalue weighted by atomic mass is 10.1. The van der Waals surface area contributed by atoms with Crippen LogP contribution in [0.15, 0.2) is 0 Å². The van der Waals surface area contributed by atoms with Crippen LogP contribution in [0.1, 0.15) is 19.3 Å². The van der Waals surface area contributed by atoms with Gasteiger partial charge in [-0.15, -0.1) is 0 Å². The summed E-state index contributed by atoms with van der Waals surface area (Å²) in [5.41, 5.74) is 5.71. The summed E-state index contributed by atoms with van der Waals surface area (Å²) in [6, 6.07) is -2.82. The van der Waals surface area contributed by atoms with Crippen molar-refractivity contribution in [3.05, 3.63) is 0 Å². The first-order chi connectivity index (χ1) is 10.4. The molecule has 0 aromatic heterocycles. The zero-order chi connectivity index (χ0) is 16.7. The molecule has 8 nitrogen and oxygen atoms in total. The zero-order valence-corrected chi connectivity index (χ0v) is 13.3. The van der Waals surface area contributed by atoms with Crippen LogP contribution in [0.5, 0.6) is 0 Å². The molecule has 2 amide bonds. The number of thioether (sulfide) groups is 1. The minimum absolute atomic E-state index is 0.306. The Morgan fingerprint density at radius 3 is 2.68 bits per heavy atom. The Hall–Kier alpha value is -1.32. The molecule has 22 heavy (non-hydrogen) atoms. The number of carboxylic acid groups (broad SMARTS) is 1. The summed E-state index contributed by atoms with van der Waals surface area (Å²) >= 11 is 1.55. The normalized spacial score (nSPS) is 20.5. The van der Waals surface area contributed by atoms with Gasteiger partial charge in [0.05, 0.1) is 12.6 Å². The number of hydrogen-bond donors (Lipinski definition) is 4. The summed E-state index contributed by atoms with van der Waals surface area (Å²) < 4.78 is 0. The van der Waals surface area contributed by atoms with Crippen molar-refractivity contribution in [2.24, 2.45) is 5.73 Å². The Morgan fingerprint density at radius 1 is 1.45 bits per heavy atom. The zero-order valence-electron chi connectivity index (χ0n) is 12.5. The fraction of sp³-hybridized carbons (Fsp3) is 0.769. The van der Waals surface area contributed by atoms with Crippen LogP contribution < -0.4 is 11.1 Å². The average molecular weight is 333 g/mol. The van der Waals surface area contributed by atoms with Crippen LogP contribution in [0.4, 0.5) is 0 Å². The summed E-state index contributed by atoms with van der Waals surface area (Å²) in [5.74, 6) is -1.48. The molecular weight excluding hydrogens is 310 g/mol. The number of likely N-dealkylation sites (tertiary alicyclic amines) is 1. The van der Waals surface area contributed by atoms with E-state index in [1.165, 1.54) is 4.90 Å². The monoisotopic (exact) mass is 333 g/mol. The van der Waals surface area contributed by atoms with Crippen molar-refractivity contribution >= 4 is 29.5 Å². The number of carbonyl (C=O) groups is 3. The molecular formula is C13H23N3O5S. The van der Waals surface area contributed by atoms with Crippen LogP contribution in [0, 0.1) is 0 Å². The fourth-order valence-electron chi connectivity index (χ4n) is 2.33. The van der Waals surface area contributed by atoms with Gasteiger partial charge in [-0.2, -0.15) is 11.8 Å². The molecule has 1 rings (SSSR count). The highest BCUT2D eigenvalue weighted by Gasteiger charge is 2.37. The maximum atomic E-state index is 12.3. The van der Waals surface area contributed by atoms with Crippen molar-refractivity contribution in [3.8, 4) is 0 Å². The summed E-state index contributed by atoms with van der Waals surface area (Å²) in [6.07, 6.45) is 3.31. The Bertz CT molecular complexity index is 420. The summed E-state index contributed by atoms with van der Waals surface area (Å²) in [4.78, 5) is 36.5. The largest absolute Gasteiger partial charge is 0.480 e. The highest BCUT2D eigenvalue weighted by molar-refractivity contribution is 7.98. The van der Waals surface area contributed by atoms with Crippen molar-refractivity contribution < 1.29 is 24.6 Å². The maximum Gasteiger partial charge on any atom is 0.326 e. The molecule has 0 saturated carbocycles. The molecule has 3 atom stereocenters. The smallest absolute Gasteiger partial charge is 0.326 e. The van der Waals surface area contributed by atoms with Gasteiger partial charge in [0.2, 0.25) is 11.8 Å². The minimum atomic E-state index is -1.16. The third kappa shape index (κ3) is 4.85. The van der Waals surface area contributed by atoms with E-state index in [1.54, 1.807) is 11.8 Å². The topological polar surface area (TPSA) is 133 Å². The minimum Gasteiger partial charge on any atom is -0.480 e. The van der Waals surface area contributed by atoms with Crippen molar-refractivity contribution in [3.63, 3.8) is 0 Å². The van der Waals surface area contributed by atoms with Gasteiger partial charge in [-0.1, -0.05) is 0 Å².